The van der Waals surface area contributed by atoms with E-state index in [1.54, 1.807) is 20.8 Å². The number of ether oxygens (including phenoxy) is 3. The summed E-state index contributed by atoms with van der Waals surface area (Å²) >= 11 is 0. The van der Waals surface area contributed by atoms with E-state index in [0.29, 0.717) is 25.9 Å². The lowest BCUT2D eigenvalue weighted by Gasteiger charge is -2.26. The van der Waals surface area contributed by atoms with E-state index in [1.165, 1.54) is 4.90 Å². The van der Waals surface area contributed by atoms with E-state index < -0.39 is 29.6 Å². The van der Waals surface area contributed by atoms with Crippen molar-refractivity contribution in [1.82, 2.24) is 4.90 Å². The second kappa shape index (κ2) is 14.0. The molecule has 1 aliphatic rings. The Bertz CT molecular complexity index is 1280. The highest BCUT2D eigenvalue weighted by Gasteiger charge is 2.41. The molecule has 0 radical (unpaired) electrons. The molecule has 1 aliphatic heterocycles. The molecule has 0 unspecified atom stereocenters. The van der Waals surface area contributed by atoms with Gasteiger partial charge in [-0.25, -0.2) is 9.69 Å². The highest BCUT2D eigenvalue weighted by Crippen LogP contribution is 2.26. The van der Waals surface area contributed by atoms with Crippen molar-refractivity contribution in [2.24, 2.45) is 5.92 Å². The monoisotopic (exact) mass is 557 g/mol. The number of aryl methyl sites for hydroxylation is 1. The molecule has 1 saturated heterocycles. The van der Waals surface area contributed by atoms with Crippen molar-refractivity contribution in [2.75, 3.05) is 6.61 Å². The SMILES string of the molecule is CC(C)(C)OC(=O)C[C@@H](CCCc1ccc(OCc2ccccc2)cc1)C(=O)N1C(=O)OC[C@@H]1Cc1ccccc1. The van der Waals surface area contributed by atoms with Gasteiger partial charge in [0.25, 0.3) is 0 Å². The van der Waals surface area contributed by atoms with Crippen LogP contribution in [0.25, 0.3) is 0 Å². The summed E-state index contributed by atoms with van der Waals surface area (Å²) in [4.78, 5) is 40.4. The molecular formula is C34H39NO6. The van der Waals surface area contributed by atoms with Crippen molar-refractivity contribution in [3.05, 3.63) is 102 Å². The van der Waals surface area contributed by atoms with Crippen LogP contribution >= 0.6 is 0 Å². The number of imide groups is 1. The first-order chi connectivity index (χ1) is 19.7. The molecule has 3 aromatic carbocycles. The molecule has 0 bridgehead atoms. The molecular weight excluding hydrogens is 518 g/mol. The van der Waals surface area contributed by atoms with E-state index in [1.807, 2.05) is 84.9 Å². The van der Waals surface area contributed by atoms with E-state index in [9.17, 15) is 14.4 Å². The maximum Gasteiger partial charge on any atom is 0.416 e. The number of rotatable bonds is 12. The van der Waals surface area contributed by atoms with Crippen LogP contribution in [0.2, 0.25) is 0 Å². The molecule has 7 nitrogen and oxygen atoms in total. The lowest BCUT2D eigenvalue weighted by molar-refractivity contribution is -0.158. The molecule has 0 aromatic heterocycles. The zero-order valence-electron chi connectivity index (χ0n) is 24.1. The molecule has 4 rings (SSSR count). The second-order valence-electron chi connectivity index (χ2n) is 11.4. The van der Waals surface area contributed by atoms with Gasteiger partial charge in [-0.3, -0.25) is 9.59 Å². The van der Waals surface area contributed by atoms with Crippen molar-refractivity contribution >= 4 is 18.0 Å². The van der Waals surface area contributed by atoms with Crippen LogP contribution in [0.15, 0.2) is 84.9 Å². The molecule has 41 heavy (non-hydrogen) atoms. The summed E-state index contributed by atoms with van der Waals surface area (Å²) in [5.41, 5.74) is 2.54. The number of benzene rings is 3. The van der Waals surface area contributed by atoms with Crippen LogP contribution in [0.3, 0.4) is 0 Å². The molecule has 3 aromatic rings. The third-order valence-electron chi connectivity index (χ3n) is 6.88. The molecule has 0 N–H and O–H groups in total. The third-order valence-corrected chi connectivity index (χ3v) is 6.88. The highest BCUT2D eigenvalue weighted by molar-refractivity contribution is 5.96. The Morgan fingerprint density at radius 1 is 0.902 bits per heavy atom. The molecule has 2 atom stereocenters. The van der Waals surface area contributed by atoms with Gasteiger partial charge in [-0.2, -0.15) is 0 Å². The Labute approximate surface area is 242 Å². The highest BCUT2D eigenvalue weighted by atomic mass is 16.6. The maximum absolute atomic E-state index is 13.7. The first-order valence-electron chi connectivity index (χ1n) is 14.2. The fraction of sp³-hybridized carbons (Fsp3) is 0.382. The number of hydrogen-bond donors (Lipinski definition) is 0. The van der Waals surface area contributed by atoms with Crippen LogP contribution < -0.4 is 4.74 Å². The Morgan fingerprint density at radius 3 is 2.17 bits per heavy atom. The standard InChI is InChI=1S/C34H39NO6/c1-34(2,3)41-31(36)22-28(32(37)35-29(24-40-33(35)38)21-26-11-6-4-7-12-26)16-10-15-25-17-19-30(20-18-25)39-23-27-13-8-5-9-14-27/h4-9,11-14,17-20,28-29H,10,15-16,21-24H2,1-3H3/t28-,29+/m1/s1. The number of nitrogens with zero attached hydrogens (tertiary/aromatic N) is 1. The molecule has 0 spiro atoms. The fourth-order valence-corrected chi connectivity index (χ4v) is 4.91. The quantitative estimate of drug-likeness (QED) is 0.236. The molecule has 216 valence electrons. The number of esters is 1. The van der Waals surface area contributed by atoms with Gasteiger partial charge in [-0.15, -0.1) is 0 Å². The first-order valence-corrected chi connectivity index (χ1v) is 14.2. The van der Waals surface area contributed by atoms with E-state index in [2.05, 4.69) is 0 Å². The minimum absolute atomic E-state index is 0.0931. The molecule has 7 heteroatoms. The van der Waals surface area contributed by atoms with E-state index in [4.69, 9.17) is 14.2 Å². The minimum atomic E-state index is -0.692. The largest absolute Gasteiger partial charge is 0.489 e. The van der Waals surface area contributed by atoms with Crippen molar-refractivity contribution in [3.8, 4) is 5.75 Å². The lowest BCUT2D eigenvalue weighted by Crippen LogP contribution is -2.44. The van der Waals surface area contributed by atoms with Crippen LogP contribution in [0.1, 0.15) is 56.7 Å². The Morgan fingerprint density at radius 2 is 1.54 bits per heavy atom. The van der Waals surface area contributed by atoms with Gasteiger partial charge in [0.1, 0.15) is 24.6 Å². The molecule has 2 amide bonds. The van der Waals surface area contributed by atoms with Crippen LogP contribution in [-0.2, 0) is 38.5 Å². The first kappa shape index (κ1) is 29.8. The Hall–Kier alpha value is -4.13. The van der Waals surface area contributed by atoms with Crippen molar-refractivity contribution < 1.29 is 28.6 Å². The summed E-state index contributed by atoms with van der Waals surface area (Å²) in [6.45, 7) is 6.02. The second-order valence-corrected chi connectivity index (χ2v) is 11.4. The number of carbonyl (C=O) groups excluding carboxylic acids is 3. The topological polar surface area (TPSA) is 82.1 Å². The van der Waals surface area contributed by atoms with Gasteiger partial charge in [-0.1, -0.05) is 72.8 Å². The zero-order chi connectivity index (χ0) is 29.2. The minimum Gasteiger partial charge on any atom is -0.489 e. The molecule has 0 aliphatic carbocycles. The Kier molecular flexibility index (Phi) is 10.2. The number of cyclic esters (lactones) is 1. The van der Waals surface area contributed by atoms with Crippen molar-refractivity contribution in [2.45, 2.75) is 71.1 Å². The van der Waals surface area contributed by atoms with Gasteiger partial charge in [0, 0.05) is 5.92 Å². The van der Waals surface area contributed by atoms with Gasteiger partial charge < -0.3 is 14.2 Å². The predicted molar refractivity (Wildman–Crippen MR) is 156 cm³/mol. The number of hydrogen-bond acceptors (Lipinski definition) is 6. The predicted octanol–water partition coefficient (Wildman–Crippen LogP) is 6.53. The van der Waals surface area contributed by atoms with Crippen molar-refractivity contribution in [3.63, 3.8) is 0 Å². The van der Waals surface area contributed by atoms with Crippen molar-refractivity contribution in [1.29, 1.82) is 0 Å². The van der Waals surface area contributed by atoms with Gasteiger partial charge in [-0.05, 0) is 75.3 Å². The van der Waals surface area contributed by atoms with E-state index >= 15 is 0 Å². The van der Waals surface area contributed by atoms with E-state index in [-0.39, 0.29) is 18.9 Å². The van der Waals surface area contributed by atoms with Crippen LogP contribution in [0.4, 0.5) is 4.79 Å². The van der Waals surface area contributed by atoms with E-state index in [0.717, 1.165) is 28.9 Å². The fourth-order valence-electron chi connectivity index (χ4n) is 4.91. The summed E-state index contributed by atoms with van der Waals surface area (Å²) in [5, 5.41) is 0. The molecule has 1 fully saturated rings. The normalized spacial score (nSPS) is 15.7. The van der Waals surface area contributed by atoms with Gasteiger partial charge >= 0.3 is 12.1 Å². The average molecular weight is 558 g/mol. The molecule has 0 saturated carbocycles. The smallest absolute Gasteiger partial charge is 0.416 e. The summed E-state index contributed by atoms with van der Waals surface area (Å²) in [6, 6.07) is 27.2. The van der Waals surface area contributed by atoms with Crippen LogP contribution in [-0.4, -0.2) is 41.1 Å². The summed E-state index contributed by atoms with van der Waals surface area (Å²) in [6.07, 6.45) is 1.56. The summed E-state index contributed by atoms with van der Waals surface area (Å²) in [7, 11) is 0. The van der Waals surface area contributed by atoms with Gasteiger partial charge in [0.15, 0.2) is 0 Å². The molecule has 1 heterocycles. The number of amides is 2. The zero-order valence-corrected chi connectivity index (χ0v) is 24.1. The number of carbonyl (C=O) groups is 3. The average Bonchev–Trinajstić information content (AvgIpc) is 3.31. The third kappa shape index (κ3) is 9.20. The summed E-state index contributed by atoms with van der Waals surface area (Å²) < 4.78 is 16.7. The maximum atomic E-state index is 13.7. The lowest BCUT2D eigenvalue weighted by atomic mass is 9.94. The van der Waals surface area contributed by atoms with Gasteiger partial charge in [0.2, 0.25) is 5.91 Å². The van der Waals surface area contributed by atoms with Gasteiger partial charge in [0.05, 0.1) is 12.5 Å². The Balaban J connectivity index is 1.38. The van der Waals surface area contributed by atoms with Crippen LogP contribution in [0.5, 0.6) is 5.75 Å². The summed E-state index contributed by atoms with van der Waals surface area (Å²) in [5.74, 6) is -0.748. The van der Waals surface area contributed by atoms with Crippen LogP contribution in [0, 0.1) is 5.92 Å².